The molecular formula is C14H22N4O2S2. The average Bonchev–Trinajstić information content (AvgIpc) is 2.90. The summed E-state index contributed by atoms with van der Waals surface area (Å²) in [6, 6.07) is 0. The highest BCUT2D eigenvalue weighted by Gasteiger charge is 2.23. The number of sulfonamides is 1. The second-order valence-electron chi connectivity index (χ2n) is 5.24. The average molecular weight is 342 g/mol. The Labute approximate surface area is 135 Å². The Kier molecular flexibility index (Phi) is 5.03. The molecule has 0 aromatic carbocycles. The third kappa shape index (κ3) is 3.39. The molecular weight excluding hydrogens is 320 g/mol. The van der Waals surface area contributed by atoms with Crippen LogP contribution in [-0.4, -0.2) is 29.7 Å². The molecule has 1 N–H and O–H groups in total. The van der Waals surface area contributed by atoms with E-state index in [9.17, 15) is 8.42 Å². The van der Waals surface area contributed by atoms with Gasteiger partial charge in [0.15, 0.2) is 0 Å². The Morgan fingerprint density at radius 2 is 1.95 bits per heavy atom. The standard InChI is InChI=1S/C14H22N4O2S2/c1-6-12-11(4)21-13(16-12)7-8-15-22(19,20)14-9(2)17-18(5)10(14)3/h15H,6-8H2,1-5H3. The molecule has 22 heavy (non-hydrogen) atoms. The Balaban J connectivity index is 2.07. The van der Waals surface area contributed by atoms with Gasteiger partial charge in [-0.3, -0.25) is 4.68 Å². The van der Waals surface area contributed by atoms with Crippen LogP contribution in [0.25, 0.3) is 0 Å². The lowest BCUT2D eigenvalue weighted by Gasteiger charge is -2.06. The second-order valence-corrected chi connectivity index (χ2v) is 8.23. The molecule has 0 atom stereocenters. The molecule has 2 aromatic rings. The highest BCUT2D eigenvalue weighted by atomic mass is 32.2. The smallest absolute Gasteiger partial charge is 0.244 e. The number of hydrogen-bond acceptors (Lipinski definition) is 5. The number of aromatic nitrogens is 3. The van der Waals surface area contributed by atoms with Crippen LogP contribution in [0.1, 0.15) is 33.9 Å². The number of nitrogens with one attached hydrogen (secondary N) is 1. The molecule has 0 aliphatic heterocycles. The molecule has 0 spiro atoms. The van der Waals surface area contributed by atoms with Gasteiger partial charge in [0.25, 0.3) is 0 Å². The van der Waals surface area contributed by atoms with Crippen molar-refractivity contribution < 1.29 is 8.42 Å². The molecule has 0 aliphatic rings. The third-order valence-electron chi connectivity index (χ3n) is 3.61. The molecule has 0 fully saturated rings. The van der Waals surface area contributed by atoms with E-state index < -0.39 is 10.0 Å². The van der Waals surface area contributed by atoms with Crippen molar-refractivity contribution in [3.05, 3.63) is 27.0 Å². The summed E-state index contributed by atoms with van der Waals surface area (Å²) in [6.07, 6.45) is 1.51. The summed E-state index contributed by atoms with van der Waals surface area (Å²) in [7, 11) is -1.79. The number of thiazole rings is 1. The van der Waals surface area contributed by atoms with E-state index >= 15 is 0 Å². The van der Waals surface area contributed by atoms with Crippen molar-refractivity contribution in [1.82, 2.24) is 19.5 Å². The highest BCUT2D eigenvalue weighted by Crippen LogP contribution is 2.20. The summed E-state index contributed by atoms with van der Waals surface area (Å²) in [6.45, 7) is 7.92. The van der Waals surface area contributed by atoms with Crippen molar-refractivity contribution in [1.29, 1.82) is 0 Å². The fourth-order valence-corrected chi connectivity index (χ4v) is 4.92. The maximum absolute atomic E-state index is 12.4. The lowest BCUT2D eigenvalue weighted by atomic mass is 10.3. The van der Waals surface area contributed by atoms with Gasteiger partial charge < -0.3 is 0 Å². The number of hydrogen-bond donors (Lipinski definition) is 1. The maximum atomic E-state index is 12.4. The molecule has 8 heteroatoms. The molecule has 0 radical (unpaired) electrons. The van der Waals surface area contributed by atoms with Crippen molar-refractivity contribution in [2.24, 2.45) is 7.05 Å². The number of aryl methyl sites for hydroxylation is 4. The van der Waals surface area contributed by atoms with Crippen molar-refractivity contribution in [2.75, 3.05) is 6.54 Å². The normalized spacial score (nSPS) is 12.0. The molecule has 2 heterocycles. The Morgan fingerprint density at radius 1 is 1.27 bits per heavy atom. The summed E-state index contributed by atoms with van der Waals surface area (Å²) in [4.78, 5) is 6.01. The van der Waals surface area contributed by atoms with Crippen molar-refractivity contribution in [2.45, 2.75) is 45.4 Å². The second kappa shape index (κ2) is 6.47. The van der Waals surface area contributed by atoms with Crippen LogP contribution in [0, 0.1) is 20.8 Å². The monoisotopic (exact) mass is 342 g/mol. The summed E-state index contributed by atoms with van der Waals surface area (Å²) in [5.74, 6) is 0. The van der Waals surface area contributed by atoms with Crippen LogP contribution in [0.4, 0.5) is 0 Å². The molecule has 122 valence electrons. The SMILES string of the molecule is CCc1nc(CCNS(=O)(=O)c2c(C)nn(C)c2C)sc1C. The minimum atomic E-state index is -3.54. The maximum Gasteiger partial charge on any atom is 0.244 e. The minimum absolute atomic E-state index is 0.277. The molecule has 0 amide bonds. The zero-order valence-corrected chi connectivity index (χ0v) is 15.2. The first-order valence-corrected chi connectivity index (χ1v) is 9.51. The number of nitrogens with zero attached hydrogens (tertiary/aromatic N) is 3. The van der Waals surface area contributed by atoms with Gasteiger partial charge in [-0.25, -0.2) is 18.1 Å². The van der Waals surface area contributed by atoms with E-state index in [1.807, 2.05) is 6.92 Å². The van der Waals surface area contributed by atoms with Gasteiger partial charge >= 0.3 is 0 Å². The molecule has 6 nitrogen and oxygen atoms in total. The van der Waals surface area contributed by atoms with E-state index in [-0.39, 0.29) is 4.90 Å². The topological polar surface area (TPSA) is 76.9 Å². The zero-order chi connectivity index (χ0) is 16.5. The minimum Gasteiger partial charge on any atom is -0.271 e. The van der Waals surface area contributed by atoms with Crippen LogP contribution >= 0.6 is 11.3 Å². The van der Waals surface area contributed by atoms with E-state index in [0.717, 1.165) is 17.1 Å². The lowest BCUT2D eigenvalue weighted by molar-refractivity contribution is 0.580. The van der Waals surface area contributed by atoms with Crippen LogP contribution in [0.2, 0.25) is 0 Å². The van der Waals surface area contributed by atoms with Crippen molar-refractivity contribution in [3.8, 4) is 0 Å². The molecule has 2 aromatic heterocycles. The highest BCUT2D eigenvalue weighted by molar-refractivity contribution is 7.89. The molecule has 0 saturated carbocycles. The summed E-state index contributed by atoms with van der Waals surface area (Å²) in [5, 5.41) is 5.13. The van der Waals surface area contributed by atoms with E-state index in [0.29, 0.717) is 24.4 Å². The van der Waals surface area contributed by atoms with E-state index in [2.05, 4.69) is 21.7 Å². The Bertz CT molecular complexity index is 775. The zero-order valence-electron chi connectivity index (χ0n) is 13.6. The largest absolute Gasteiger partial charge is 0.271 e. The van der Waals surface area contributed by atoms with Gasteiger partial charge in [-0.15, -0.1) is 11.3 Å². The Hall–Kier alpha value is -1.25. The van der Waals surface area contributed by atoms with Crippen LogP contribution in [0.15, 0.2) is 4.90 Å². The van der Waals surface area contributed by atoms with Gasteiger partial charge in [-0.2, -0.15) is 5.10 Å². The van der Waals surface area contributed by atoms with E-state index in [4.69, 9.17) is 0 Å². The lowest BCUT2D eigenvalue weighted by Crippen LogP contribution is -2.27. The van der Waals surface area contributed by atoms with Crippen LogP contribution < -0.4 is 4.72 Å². The molecule has 2 rings (SSSR count). The van der Waals surface area contributed by atoms with E-state index in [1.165, 1.54) is 4.88 Å². The molecule has 0 saturated heterocycles. The first kappa shape index (κ1) is 17.1. The third-order valence-corrected chi connectivity index (χ3v) is 6.40. The van der Waals surface area contributed by atoms with Crippen molar-refractivity contribution in [3.63, 3.8) is 0 Å². The van der Waals surface area contributed by atoms with Crippen LogP contribution in [0.5, 0.6) is 0 Å². The summed E-state index contributed by atoms with van der Waals surface area (Å²) in [5.41, 5.74) is 2.26. The number of rotatable bonds is 6. The van der Waals surface area contributed by atoms with Crippen molar-refractivity contribution >= 4 is 21.4 Å². The van der Waals surface area contributed by atoms with Gasteiger partial charge in [0.2, 0.25) is 10.0 Å². The molecule has 0 bridgehead atoms. The van der Waals surface area contributed by atoms with Gasteiger partial charge in [0.05, 0.1) is 22.1 Å². The summed E-state index contributed by atoms with van der Waals surface area (Å²) >= 11 is 1.63. The summed E-state index contributed by atoms with van der Waals surface area (Å²) < 4.78 is 29.1. The van der Waals surface area contributed by atoms with Crippen LogP contribution in [-0.2, 0) is 29.9 Å². The van der Waals surface area contributed by atoms with Gasteiger partial charge in [-0.05, 0) is 27.2 Å². The fourth-order valence-electron chi connectivity index (χ4n) is 2.43. The molecule has 0 aliphatic carbocycles. The van der Waals surface area contributed by atoms with Crippen LogP contribution in [0.3, 0.4) is 0 Å². The Morgan fingerprint density at radius 3 is 2.45 bits per heavy atom. The first-order valence-electron chi connectivity index (χ1n) is 7.21. The van der Waals surface area contributed by atoms with Gasteiger partial charge in [0.1, 0.15) is 4.90 Å². The predicted octanol–water partition coefficient (Wildman–Crippen LogP) is 1.89. The van der Waals surface area contributed by atoms with Gasteiger partial charge in [0, 0.05) is 24.9 Å². The van der Waals surface area contributed by atoms with Gasteiger partial charge in [-0.1, -0.05) is 6.92 Å². The molecule has 0 unspecified atom stereocenters. The fraction of sp³-hybridized carbons (Fsp3) is 0.571. The first-order chi connectivity index (χ1) is 10.3. The van der Waals surface area contributed by atoms with E-state index in [1.54, 1.807) is 36.9 Å². The quantitative estimate of drug-likeness (QED) is 0.869. The predicted molar refractivity (Wildman–Crippen MR) is 87.8 cm³/mol.